The minimum atomic E-state index is 0.642. The molecule has 11 rings (SSSR count). The van der Waals surface area contributed by atoms with Crippen LogP contribution in [0, 0.1) is 0 Å². The molecular formula is C56H37N5. The maximum Gasteiger partial charge on any atom is 0.164 e. The Hall–Kier alpha value is -8.28. The molecule has 3 aromatic heterocycles. The predicted molar refractivity (Wildman–Crippen MR) is 250 cm³/mol. The van der Waals surface area contributed by atoms with Gasteiger partial charge in [0.15, 0.2) is 17.5 Å². The van der Waals surface area contributed by atoms with Crippen molar-refractivity contribution in [3.05, 3.63) is 225 Å². The van der Waals surface area contributed by atoms with Crippen molar-refractivity contribution in [2.75, 3.05) is 0 Å². The van der Waals surface area contributed by atoms with E-state index in [4.69, 9.17) is 20.1 Å². The van der Waals surface area contributed by atoms with Gasteiger partial charge in [-0.15, -0.1) is 0 Å². The monoisotopic (exact) mass is 779 g/mol. The normalized spacial score (nSPS) is 11.3. The molecule has 0 unspecified atom stereocenters. The Kier molecular flexibility index (Phi) is 9.10. The Balaban J connectivity index is 0.917. The third-order valence-corrected chi connectivity index (χ3v) is 11.4. The third-order valence-electron chi connectivity index (χ3n) is 11.4. The van der Waals surface area contributed by atoms with Crippen molar-refractivity contribution < 1.29 is 0 Å². The molecule has 286 valence electrons. The SMILES string of the molecule is c1ccc(-c2nc(-c3ccccc3)nc(-c3ccc(-c4ccc(-c5ccc(-c6c(-c7ccccc7)n7ncc(-c8ccccc8)c7c7ccccc67)cc5)cc4)cc3)n2)cc1. The molecule has 0 saturated carbocycles. The Labute approximate surface area is 354 Å². The van der Waals surface area contributed by atoms with Gasteiger partial charge >= 0.3 is 0 Å². The van der Waals surface area contributed by atoms with E-state index < -0.39 is 0 Å². The van der Waals surface area contributed by atoms with Gasteiger partial charge in [0.05, 0.1) is 17.4 Å². The highest BCUT2D eigenvalue weighted by Gasteiger charge is 2.21. The van der Waals surface area contributed by atoms with Gasteiger partial charge in [-0.3, -0.25) is 0 Å². The zero-order valence-electron chi connectivity index (χ0n) is 33.1. The van der Waals surface area contributed by atoms with E-state index in [0.717, 1.165) is 78.0 Å². The van der Waals surface area contributed by atoms with Crippen LogP contribution in [0.1, 0.15) is 0 Å². The summed E-state index contributed by atoms with van der Waals surface area (Å²) in [5, 5.41) is 7.43. The molecule has 0 bridgehead atoms. The van der Waals surface area contributed by atoms with Gasteiger partial charge in [-0.05, 0) is 38.8 Å². The first-order valence-electron chi connectivity index (χ1n) is 20.5. The van der Waals surface area contributed by atoms with Crippen molar-refractivity contribution in [2.24, 2.45) is 0 Å². The van der Waals surface area contributed by atoms with Gasteiger partial charge in [-0.2, -0.15) is 5.10 Å². The molecule has 11 aromatic rings. The van der Waals surface area contributed by atoms with Crippen LogP contribution in [0.3, 0.4) is 0 Å². The second-order valence-electron chi connectivity index (χ2n) is 15.1. The first-order valence-corrected chi connectivity index (χ1v) is 20.5. The van der Waals surface area contributed by atoms with E-state index in [-0.39, 0.29) is 0 Å². The maximum atomic E-state index is 5.06. The summed E-state index contributed by atoms with van der Waals surface area (Å²) < 4.78 is 2.14. The first-order chi connectivity index (χ1) is 30.2. The van der Waals surface area contributed by atoms with Crippen molar-refractivity contribution >= 4 is 16.3 Å². The van der Waals surface area contributed by atoms with Crippen molar-refractivity contribution in [3.8, 4) is 89.9 Å². The Morgan fingerprint density at radius 1 is 0.279 bits per heavy atom. The van der Waals surface area contributed by atoms with Crippen LogP contribution in [0.15, 0.2) is 225 Å². The molecule has 0 atom stereocenters. The molecule has 5 heteroatoms. The molecule has 0 fully saturated rings. The van der Waals surface area contributed by atoms with E-state index in [1.54, 1.807) is 0 Å². The fourth-order valence-electron chi connectivity index (χ4n) is 8.34. The molecule has 3 heterocycles. The highest BCUT2D eigenvalue weighted by molar-refractivity contribution is 6.13. The lowest BCUT2D eigenvalue weighted by Crippen LogP contribution is -2.00. The molecular weight excluding hydrogens is 743 g/mol. The van der Waals surface area contributed by atoms with Crippen LogP contribution in [-0.4, -0.2) is 24.6 Å². The van der Waals surface area contributed by atoms with Crippen LogP contribution >= 0.6 is 0 Å². The molecule has 61 heavy (non-hydrogen) atoms. The zero-order valence-corrected chi connectivity index (χ0v) is 33.1. The number of pyridine rings is 1. The standard InChI is InChI=1S/C56H37N5/c1-5-15-42(16-6-1)50-37-57-61-52(44-17-7-2-8-18-44)51(48-23-13-14-24-49(48)53(50)61)43-33-29-40(30-34-43)38-25-27-39(28-26-38)41-31-35-47(36-32-41)56-59-54(45-19-9-3-10-20-45)58-55(60-56)46-21-11-4-12-22-46/h1-37H. The van der Waals surface area contributed by atoms with Crippen LogP contribution < -0.4 is 0 Å². The number of rotatable bonds is 8. The lowest BCUT2D eigenvalue weighted by atomic mass is 9.91. The maximum absolute atomic E-state index is 5.06. The second kappa shape index (κ2) is 15.5. The van der Waals surface area contributed by atoms with Crippen LogP contribution in [0.5, 0.6) is 0 Å². The fraction of sp³-hybridized carbons (Fsp3) is 0. The Morgan fingerprint density at radius 2 is 0.623 bits per heavy atom. The van der Waals surface area contributed by atoms with Crippen LogP contribution in [0.4, 0.5) is 0 Å². The van der Waals surface area contributed by atoms with Crippen LogP contribution in [-0.2, 0) is 0 Å². The number of hydrogen-bond donors (Lipinski definition) is 0. The average Bonchev–Trinajstić information content (AvgIpc) is 3.80. The molecule has 8 aromatic carbocycles. The van der Waals surface area contributed by atoms with E-state index in [1.807, 2.05) is 66.9 Å². The van der Waals surface area contributed by atoms with E-state index >= 15 is 0 Å². The van der Waals surface area contributed by atoms with Gasteiger partial charge in [0.25, 0.3) is 0 Å². The quantitative estimate of drug-likeness (QED) is 0.154. The number of hydrogen-bond acceptors (Lipinski definition) is 4. The molecule has 0 N–H and O–H groups in total. The summed E-state index contributed by atoms with van der Waals surface area (Å²) in [5.41, 5.74) is 15.3. The van der Waals surface area contributed by atoms with E-state index in [2.05, 4.69) is 162 Å². The predicted octanol–water partition coefficient (Wildman–Crippen LogP) is 14.0. The summed E-state index contributed by atoms with van der Waals surface area (Å²) in [6.07, 6.45) is 2.01. The smallest absolute Gasteiger partial charge is 0.164 e. The van der Waals surface area contributed by atoms with Crippen molar-refractivity contribution in [3.63, 3.8) is 0 Å². The number of fused-ring (bicyclic) bond motifs is 3. The molecule has 0 aliphatic carbocycles. The molecule has 5 nitrogen and oxygen atoms in total. The fourth-order valence-corrected chi connectivity index (χ4v) is 8.34. The molecule has 0 aliphatic heterocycles. The molecule has 0 aliphatic rings. The van der Waals surface area contributed by atoms with Gasteiger partial charge in [-0.1, -0.05) is 218 Å². The van der Waals surface area contributed by atoms with E-state index in [9.17, 15) is 0 Å². The largest absolute Gasteiger partial charge is 0.231 e. The summed E-state index contributed by atoms with van der Waals surface area (Å²) in [4.78, 5) is 14.7. The minimum absolute atomic E-state index is 0.642. The lowest BCUT2D eigenvalue weighted by Gasteiger charge is -2.18. The van der Waals surface area contributed by atoms with Gasteiger partial charge in [0, 0.05) is 38.8 Å². The summed E-state index contributed by atoms with van der Waals surface area (Å²) >= 11 is 0. The summed E-state index contributed by atoms with van der Waals surface area (Å²) in [7, 11) is 0. The van der Waals surface area contributed by atoms with Crippen LogP contribution in [0.25, 0.3) is 106 Å². The third kappa shape index (κ3) is 6.74. The molecule has 0 amide bonds. The summed E-state index contributed by atoms with van der Waals surface area (Å²) in [6.45, 7) is 0. The summed E-state index contributed by atoms with van der Waals surface area (Å²) in [5.74, 6) is 1.94. The molecule has 0 spiro atoms. The number of aromatic nitrogens is 5. The Bertz CT molecular complexity index is 3230. The topological polar surface area (TPSA) is 56.0 Å². The van der Waals surface area contributed by atoms with E-state index in [0.29, 0.717) is 17.5 Å². The number of benzene rings is 8. The van der Waals surface area contributed by atoms with Crippen LogP contribution in [0.2, 0.25) is 0 Å². The molecule has 0 radical (unpaired) electrons. The van der Waals surface area contributed by atoms with E-state index in [1.165, 1.54) is 10.8 Å². The first kappa shape index (κ1) is 35.8. The lowest BCUT2D eigenvalue weighted by molar-refractivity contribution is 0.976. The van der Waals surface area contributed by atoms with Crippen molar-refractivity contribution in [2.45, 2.75) is 0 Å². The Morgan fingerprint density at radius 3 is 1.08 bits per heavy atom. The van der Waals surface area contributed by atoms with Gasteiger partial charge in [0.2, 0.25) is 0 Å². The summed E-state index contributed by atoms with van der Waals surface area (Å²) in [6, 6.07) is 76.2. The number of nitrogens with zero attached hydrogens (tertiary/aromatic N) is 5. The van der Waals surface area contributed by atoms with Gasteiger partial charge in [0.1, 0.15) is 0 Å². The zero-order chi connectivity index (χ0) is 40.5. The molecule has 0 saturated heterocycles. The highest BCUT2D eigenvalue weighted by Crippen LogP contribution is 2.43. The minimum Gasteiger partial charge on any atom is -0.231 e. The highest BCUT2D eigenvalue weighted by atomic mass is 15.2. The van der Waals surface area contributed by atoms with Gasteiger partial charge < -0.3 is 0 Å². The van der Waals surface area contributed by atoms with Crippen molar-refractivity contribution in [1.29, 1.82) is 0 Å². The van der Waals surface area contributed by atoms with Crippen molar-refractivity contribution in [1.82, 2.24) is 24.6 Å². The second-order valence-corrected chi connectivity index (χ2v) is 15.1. The average molecular weight is 780 g/mol. The van der Waals surface area contributed by atoms with Gasteiger partial charge in [-0.25, -0.2) is 19.5 Å².